The molecule has 0 aromatic heterocycles. The predicted molar refractivity (Wildman–Crippen MR) is 68.9 cm³/mol. The first kappa shape index (κ1) is 20.1. The Kier molecular flexibility index (Phi) is 9.53. The minimum atomic E-state index is -5.86. The molecule has 0 aliphatic carbocycles. The van der Waals surface area contributed by atoms with E-state index in [1.807, 2.05) is 0 Å². The maximum Gasteiger partial charge on any atom is 0.501 e. The third-order valence-corrected chi connectivity index (χ3v) is 3.06. The molecule has 0 N–H and O–H groups in total. The SMILES string of the molecule is CCCCCCCCCCCC(=O)OC(F)(F)C(F)(F)F. The van der Waals surface area contributed by atoms with Crippen LogP contribution in [0.2, 0.25) is 0 Å². The maximum absolute atomic E-state index is 12.4. The smallest absolute Gasteiger partial charge is 0.394 e. The van der Waals surface area contributed by atoms with Crippen LogP contribution >= 0.6 is 0 Å². The monoisotopic (exact) mass is 318 g/mol. The van der Waals surface area contributed by atoms with Crippen LogP contribution in [0.1, 0.15) is 71.1 Å². The lowest BCUT2D eigenvalue weighted by molar-refractivity contribution is -0.376. The summed E-state index contributed by atoms with van der Waals surface area (Å²) in [6.07, 6.45) is -3.16. The quantitative estimate of drug-likeness (QED) is 0.281. The van der Waals surface area contributed by atoms with E-state index in [9.17, 15) is 26.7 Å². The third-order valence-electron chi connectivity index (χ3n) is 3.06. The molecule has 0 aromatic carbocycles. The number of unbranched alkanes of at least 4 members (excludes halogenated alkanes) is 8. The topological polar surface area (TPSA) is 26.3 Å². The molecule has 0 unspecified atom stereocenters. The molecule has 126 valence electrons. The first-order chi connectivity index (χ1) is 9.70. The number of hydrogen-bond acceptors (Lipinski definition) is 2. The normalized spacial score (nSPS) is 12.5. The average molecular weight is 318 g/mol. The van der Waals surface area contributed by atoms with Crippen LogP contribution < -0.4 is 0 Å². The number of carbonyl (C=O) groups excluding carboxylic acids is 1. The summed E-state index contributed by atoms with van der Waals surface area (Å²) in [4.78, 5) is 10.9. The van der Waals surface area contributed by atoms with Gasteiger partial charge in [-0.05, 0) is 6.42 Å². The second-order valence-electron chi connectivity index (χ2n) is 5.07. The second-order valence-corrected chi connectivity index (χ2v) is 5.07. The van der Waals surface area contributed by atoms with Gasteiger partial charge in [-0.2, -0.15) is 22.0 Å². The van der Waals surface area contributed by atoms with Gasteiger partial charge >= 0.3 is 18.3 Å². The van der Waals surface area contributed by atoms with Crippen LogP contribution in [0, 0.1) is 0 Å². The van der Waals surface area contributed by atoms with Crippen LogP contribution in [0.15, 0.2) is 0 Å². The summed E-state index contributed by atoms with van der Waals surface area (Å²) < 4.78 is 63.3. The molecule has 0 bridgehead atoms. The van der Waals surface area contributed by atoms with Crippen molar-refractivity contribution in [2.75, 3.05) is 0 Å². The lowest BCUT2D eigenvalue weighted by Crippen LogP contribution is -2.40. The van der Waals surface area contributed by atoms with Crippen LogP contribution in [0.5, 0.6) is 0 Å². The molecule has 0 fully saturated rings. The minimum Gasteiger partial charge on any atom is -0.394 e. The molecule has 0 aromatic rings. The van der Waals surface area contributed by atoms with E-state index in [-0.39, 0.29) is 6.42 Å². The summed E-state index contributed by atoms with van der Waals surface area (Å²) in [5, 5.41) is 0. The molecule has 0 spiro atoms. The van der Waals surface area contributed by atoms with E-state index in [2.05, 4.69) is 11.7 Å². The molecule has 0 heterocycles. The Morgan fingerprint density at radius 3 is 1.67 bits per heavy atom. The van der Waals surface area contributed by atoms with Gasteiger partial charge in [0.25, 0.3) is 0 Å². The molecular weight excluding hydrogens is 295 g/mol. The fraction of sp³-hybridized carbons (Fsp3) is 0.929. The van der Waals surface area contributed by atoms with Crippen molar-refractivity contribution in [3.05, 3.63) is 0 Å². The summed E-state index contributed by atoms with van der Waals surface area (Å²) >= 11 is 0. The van der Waals surface area contributed by atoms with Gasteiger partial charge in [0.1, 0.15) is 0 Å². The Morgan fingerprint density at radius 2 is 1.24 bits per heavy atom. The summed E-state index contributed by atoms with van der Waals surface area (Å²) in [7, 11) is 0. The highest BCUT2D eigenvalue weighted by atomic mass is 19.4. The van der Waals surface area contributed by atoms with E-state index >= 15 is 0 Å². The first-order valence-corrected chi connectivity index (χ1v) is 7.37. The van der Waals surface area contributed by atoms with E-state index in [0.717, 1.165) is 25.7 Å². The van der Waals surface area contributed by atoms with E-state index in [1.54, 1.807) is 0 Å². The standard InChI is InChI=1S/C14H23F5O2/c1-2-3-4-5-6-7-8-9-10-11-12(20)21-14(18,19)13(15,16)17/h2-11H2,1H3. The van der Waals surface area contributed by atoms with Crippen LogP contribution in [-0.4, -0.2) is 18.3 Å². The largest absolute Gasteiger partial charge is 0.501 e. The Balaban J connectivity index is 3.59. The van der Waals surface area contributed by atoms with Gasteiger partial charge in [0, 0.05) is 6.42 Å². The van der Waals surface area contributed by atoms with E-state index in [0.29, 0.717) is 6.42 Å². The van der Waals surface area contributed by atoms with Crippen molar-refractivity contribution in [3.63, 3.8) is 0 Å². The van der Waals surface area contributed by atoms with Gasteiger partial charge in [-0.3, -0.25) is 4.79 Å². The van der Waals surface area contributed by atoms with Crippen molar-refractivity contribution in [1.29, 1.82) is 0 Å². The van der Waals surface area contributed by atoms with Gasteiger partial charge in [-0.25, -0.2) is 0 Å². The lowest BCUT2D eigenvalue weighted by Gasteiger charge is -2.18. The van der Waals surface area contributed by atoms with Crippen molar-refractivity contribution in [3.8, 4) is 0 Å². The lowest BCUT2D eigenvalue weighted by atomic mass is 10.1. The zero-order valence-corrected chi connectivity index (χ0v) is 12.3. The molecule has 0 rings (SSSR count). The Morgan fingerprint density at radius 1 is 0.810 bits per heavy atom. The van der Waals surface area contributed by atoms with Crippen molar-refractivity contribution >= 4 is 5.97 Å². The Hall–Kier alpha value is -0.880. The number of rotatable bonds is 11. The minimum absolute atomic E-state index is 0.266. The van der Waals surface area contributed by atoms with E-state index < -0.39 is 24.7 Å². The zero-order chi connectivity index (χ0) is 16.4. The van der Waals surface area contributed by atoms with Crippen molar-refractivity contribution in [2.45, 2.75) is 83.4 Å². The number of hydrogen-bond donors (Lipinski definition) is 0. The molecule has 0 atom stereocenters. The van der Waals surface area contributed by atoms with Gasteiger partial charge in [0.15, 0.2) is 0 Å². The van der Waals surface area contributed by atoms with Crippen molar-refractivity contribution in [2.24, 2.45) is 0 Å². The van der Waals surface area contributed by atoms with Crippen LogP contribution in [0.4, 0.5) is 22.0 Å². The van der Waals surface area contributed by atoms with Crippen LogP contribution in [0.3, 0.4) is 0 Å². The number of halogens is 5. The molecule has 7 heteroatoms. The molecule has 0 radical (unpaired) electrons. The van der Waals surface area contributed by atoms with Gasteiger partial charge in [-0.1, -0.05) is 58.3 Å². The zero-order valence-electron chi connectivity index (χ0n) is 12.3. The molecule has 21 heavy (non-hydrogen) atoms. The highest BCUT2D eigenvalue weighted by Crippen LogP contribution is 2.36. The van der Waals surface area contributed by atoms with Gasteiger partial charge in [0.05, 0.1) is 0 Å². The number of ether oxygens (including phenoxy) is 1. The fourth-order valence-electron chi connectivity index (χ4n) is 1.83. The summed E-state index contributed by atoms with van der Waals surface area (Å²) in [5.41, 5.74) is 0. The van der Waals surface area contributed by atoms with Gasteiger partial charge < -0.3 is 4.74 Å². The fourth-order valence-corrected chi connectivity index (χ4v) is 1.83. The van der Waals surface area contributed by atoms with Gasteiger partial charge in [0.2, 0.25) is 0 Å². The second kappa shape index (κ2) is 9.95. The Labute approximate surface area is 122 Å². The summed E-state index contributed by atoms with van der Waals surface area (Å²) in [5.74, 6) is -1.51. The summed E-state index contributed by atoms with van der Waals surface area (Å²) in [6, 6.07) is 0. The van der Waals surface area contributed by atoms with E-state index in [1.165, 1.54) is 19.3 Å². The highest BCUT2D eigenvalue weighted by molar-refractivity contribution is 5.69. The van der Waals surface area contributed by atoms with Crippen molar-refractivity contribution in [1.82, 2.24) is 0 Å². The van der Waals surface area contributed by atoms with Crippen molar-refractivity contribution < 1.29 is 31.5 Å². The Bertz CT molecular complexity index is 290. The number of alkyl halides is 5. The number of carbonyl (C=O) groups is 1. The molecule has 0 saturated heterocycles. The molecule has 0 saturated carbocycles. The predicted octanol–water partition coefficient (Wildman–Crippen LogP) is 5.61. The summed E-state index contributed by atoms with van der Waals surface area (Å²) in [6.45, 7) is 2.13. The number of esters is 1. The maximum atomic E-state index is 12.4. The molecular formula is C14H23F5O2. The van der Waals surface area contributed by atoms with E-state index in [4.69, 9.17) is 0 Å². The average Bonchev–Trinajstić information content (AvgIpc) is 2.35. The third kappa shape index (κ3) is 9.63. The molecule has 0 amide bonds. The highest BCUT2D eigenvalue weighted by Gasteiger charge is 2.61. The van der Waals surface area contributed by atoms with Crippen LogP contribution in [0.25, 0.3) is 0 Å². The molecule has 2 nitrogen and oxygen atoms in total. The van der Waals surface area contributed by atoms with Gasteiger partial charge in [-0.15, -0.1) is 0 Å². The first-order valence-electron chi connectivity index (χ1n) is 7.37. The van der Waals surface area contributed by atoms with Crippen LogP contribution in [-0.2, 0) is 9.53 Å². The molecule has 0 aliphatic heterocycles. The molecule has 0 aliphatic rings.